The average molecular weight is 405 g/mol. The second-order valence-corrected chi connectivity index (χ2v) is 5.08. The van der Waals surface area contributed by atoms with Crippen LogP contribution in [0.1, 0.15) is 12.0 Å². The summed E-state index contributed by atoms with van der Waals surface area (Å²) in [6, 6.07) is 11.7. The first kappa shape index (κ1) is 22.5. The maximum absolute atomic E-state index is 12.8. The zero-order valence-corrected chi connectivity index (χ0v) is 13.2. The Morgan fingerprint density at radius 2 is 1.26 bits per heavy atom. The smallest absolute Gasteiger partial charge is 0.420 e. The first-order valence-electron chi connectivity index (χ1n) is 7.00. The molecule has 0 atom stereocenters. The van der Waals surface area contributed by atoms with E-state index >= 15 is 0 Å². The van der Waals surface area contributed by atoms with Crippen molar-refractivity contribution in [1.82, 2.24) is 0 Å². The molecule has 0 aliphatic rings. The number of rotatable bonds is 2. The third-order valence-electron chi connectivity index (χ3n) is 2.68. The molecule has 0 bridgehead atoms. The van der Waals surface area contributed by atoms with Gasteiger partial charge in [0.1, 0.15) is 23.5 Å². The summed E-state index contributed by atoms with van der Waals surface area (Å²) in [5.74, 6) is 0.0793. The van der Waals surface area contributed by atoms with E-state index in [0.29, 0.717) is 5.75 Å². The van der Waals surface area contributed by atoms with Crippen molar-refractivity contribution < 1.29 is 44.3 Å². The maximum atomic E-state index is 12.8. The number of nitrogens with two attached hydrogens (primary N) is 1. The highest BCUT2D eigenvalue weighted by atomic mass is 19.4. The monoisotopic (exact) mass is 405 g/mol. The zero-order chi connectivity index (χ0) is 20.9. The van der Waals surface area contributed by atoms with Gasteiger partial charge in [-0.1, -0.05) is 18.2 Å². The molecule has 2 N–H and O–H groups in total. The van der Waals surface area contributed by atoms with Crippen LogP contribution in [0.25, 0.3) is 0 Å². The molecule has 0 heterocycles. The molecule has 0 saturated carbocycles. The maximum Gasteiger partial charge on any atom is 0.420 e. The van der Waals surface area contributed by atoms with Gasteiger partial charge in [0.25, 0.3) is 0 Å². The SMILES string of the molecule is FC(F)(F)CC(F)(F)F.Nc1ccc(Oc2ccccc2)c(C(F)(F)F)c1. The number of alkyl halides is 9. The zero-order valence-electron chi connectivity index (χ0n) is 13.2. The third-order valence-corrected chi connectivity index (χ3v) is 2.68. The lowest BCUT2D eigenvalue weighted by Gasteiger charge is -2.14. The van der Waals surface area contributed by atoms with Crippen LogP contribution in [-0.4, -0.2) is 12.4 Å². The summed E-state index contributed by atoms with van der Waals surface area (Å²) in [6.07, 6.45) is -17.5. The number of halogens is 9. The van der Waals surface area contributed by atoms with Gasteiger partial charge < -0.3 is 10.5 Å². The largest absolute Gasteiger partial charge is 0.457 e. The summed E-state index contributed by atoms with van der Waals surface area (Å²) < 4.78 is 109. The van der Waals surface area contributed by atoms with Gasteiger partial charge in [-0.3, -0.25) is 0 Å². The van der Waals surface area contributed by atoms with Crippen molar-refractivity contribution in [3.05, 3.63) is 54.1 Å². The Morgan fingerprint density at radius 3 is 1.67 bits per heavy atom. The van der Waals surface area contributed by atoms with Gasteiger partial charge in [0, 0.05) is 5.69 Å². The molecule has 0 aliphatic carbocycles. The van der Waals surface area contributed by atoms with Crippen LogP contribution in [0.5, 0.6) is 11.5 Å². The number of hydrogen-bond donors (Lipinski definition) is 1. The highest BCUT2D eigenvalue weighted by Crippen LogP contribution is 2.39. The summed E-state index contributed by atoms with van der Waals surface area (Å²) in [6.45, 7) is 0. The van der Waals surface area contributed by atoms with Gasteiger partial charge in [0.2, 0.25) is 0 Å². The molecular weight excluding hydrogens is 393 g/mol. The van der Waals surface area contributed by atoms with E-state index in [0.717, 1.165) is 6.07 Å². The molecule has 0 saturated heterocycles. The summed E-state index contributed by atoms with van der Waals surface area (Å²) in [5, 5.41) is 0. The van der Waals surface area contributed by atoms with Crippen LogP contribution in [-0.2, 0) is 6.18 Å². The van der Waals surface area contributed by atoms with Gasteiger partial charge in [0.05, 0.1) is 0 Å². The molecule has 0 spiro atoms. The molecule has 2 nitrogen and oxygen atoms in total. The lowest BCUT2D eigenvalue weighted by atomic mass is 10.1. The molecular formula is C16H12F9NO. The van der Waals surface area contributed by atoms with E-state index in [-0.39, 0.29) is 11.4 Å². The predicted octanol–water partition coefficient (Wildman–Crippen LogP) is 6.58. The Bertz CT molecular complexity index is 709. The van der Waals surface area contributed by atoms with Crippen LogP contribution in [0.2, 0.25) is 0 Å². The molecule has 27 heavy (non-hydrogen) atoms. The number of anilines is 1. The fourth-order valence-electron chi connectivity index (χ4n) is 1.70. The van der Waals surface area contributed by atoms with E-state index < -0.39 is 30.5 Å². The molecule has 2 aromatic carbocycles. The van der Waals surface area contributed by atoms with Crippen LogP contribution in [0.4, 0.5) is 45.2 Å². The topological polar surface area (TPSA) is 35.2 Å². The molecule has 0 amide bonds. The van der Waals surface area contributed by atoms with E-state index in [9.17, 15) is 39.5 Å². The second kappa shape index (κ2) is 8.40. The third kappa shape index (κ3) is 9.06. The van der Waals surface area contributed by atoms with Crippen molar-refractivity contribution in [1.29, 1.82) is 0 Å². The Kier molecular flexibility index (Phi) is 6.99. The van der Waals surface area contributed by atoms with Gasteiger partial charge in [0.15, 0.2) is 0 Å². The Labute approximate surface area is 147 Å². The van der Waals surface area contributed by atoms with Crippen LogP contribution in [0.15, 0.2) is 48.5 Å². The molecule has 2 aromatic rings. The fraction of sp³-hybridized carbons (Fsp3) is 0.250. The number of para-hydroxylation sites is 1. The lowest BCUT2D eigenvalue weighted by Crippen LogP contribution is -2.20. The molecule has 2 rings (SSSR count). The van der Waals surface area contributed by atoms with E-state index in [2.05, 4.69) is 0 Å². The van der Waals surface area contributed by atoms with Gasteiger partial charge in [-0.2, -0.15) is 39.5 Å². The number of benzene rings is 2. The van der Waals surface area contributed by atoms with Crippen molar-refractivity contribution in [3.63, 3.8) is 0 Å². The predicted molar refractivity (Wildman–Crippen MR) is 79.1 cm³/mol. The number of nitrogen functional groups attached to an aromatic ring is 1. The van der Waals surface area contributed by atoms with Crippen molar-refractivity contribution in [2.45, 2.75) is 24.9 Å². The second-order valence-electron chi connectivity index (χ2n) is 5.08. The number of ether oxygens (including phenoxy) is 1. The summed E-state index contributed by atoms with van der Waals surface area (Å²) in [4.78, 5) is 0. The van der Waals surface area contributed by atoms with Gasteiger partial charge >= 0.3 is 18.5 Å². The van der Waals surface area contributed by atoms with Gasteiger partial charge in [-0.05, 0) is 30.3 Å². The highest BCUT2D eigenvalue weighted by molar-refractivity contribution is 5.50. The van der Waals surface area contributed by atoms with E-state index in [1.54, 1.807) is 30.3 Å². The summed E-state index contributed by atoms with van der Waals surface area (Å²) >= 11 is 0. The van der Waals surface area contributed by atoms with Crippen LogP contribution >= 0.6 is 0 Å². The Balaban J connectivity index is 0.000000345. The minimum absolute atomic E-state index is 0.0442. The van der Waals surface area contributed by atoms with Crippen LogP contribution in [0, 0.1) is 0 Å². The molecule has 11 heteroatoms. The molecule has 150 valence electrons. The van der Waals surface area contributed by atoms with Gasteiger partial charge in [-0.15, -0.1) is 0 Å². The van der Waals surface area contributed by atoms with Crippen LogP contribution in [0.3, 0.4) is 0 Å². The van der Waals surface area contributed by atoms with E-state index in [1.165, 1.54) is 12.1 Å². The molecule has 0 radical (unpaired) electrons. The standard InChI is InChI=1S/C13H10F3NO.C3H2F6/c14-13(15,16)11-8-9(17)6-7-12(11)18-10-4-2-1-3-5-10;4-2(5,6)1-3(7,8)9/h1-8H,17H2;1H2. The van der Waals surface area contributed by atoms with Crippen molar-refractivity contribution in [3.8, 4) is 11.5 Å². The van der Waals surface area contributed by atoms with Gasteiger partial charge in [-0.25, -0.2) is 0 Å². The van der Waals surface area contributed by atoms with Crippen molar-refractivity contribution in [2.75, 3.05) is 5.73 Å². The van der Waals surface area contributed by atoms with Crippen molar-refractivity contribution >= 4 is 5.69 Å². The molecule has 0 fully saturated rings. The number of hydrogen-bond acceptors (Lipinski definition) is 2. The first-order chi connectivity index (χ1) is 12.2. The lowest BCUT2D eigenvalue weighted by molar-refractivity contribution is -0.232. The Hall–Kier alpha value is -2.59. The quantitative estimate of drug-likeness (QED) is 0.452. The Morgan fingerprint density at radius 1 is 0.741 bits per heavy atom. The normalized spacial score (nSPS) is 12.2. The van der Waals surface area contributed by atoms with E-state index in [4.69, 9.17) is 10.5 Å². The average Bonchev–Trinajstić information content (AvgIpc) is 2.46. The summed E-state index contributed by atoms with van der Waals surface area (Å²) in [7, 11) is 0. The highest BCUT2D eigenvalue weighted by Gasteiger charge is 2.43. The molecule has 0 aliphatic heterocycles. The van der Waals surface area contributed by atoms with Crippen LogP contribution < -0.4 is 10.5 Å². The van der Waals surface area contributed by atoms with Crippen molar-refractivity contribution in [2.24, 2.45) is 0 Å². The summed E-state index contributed by atoms with van der Waals surface area (Å²) in [5.41, 5.74) is 4.52. The first-order valence-corrected chi connectivity index (χ1v) is 7.00. The molecule has 0 aromatic heterocycles. The molecule has 0 unspecified atom stereocenters. The minimum atomic E-state index is -5.14. The minimum Gasteiger partial charge on any atom is -0.457 e. The fourth-order valence-corrected chi connectivity index (χ4v) is 1.70. The van der Waals surface area contributed by atoms with E-state index in [1.807, 2.05) is 0 Å².